The van der Waals surface area contributed by atoms with Gasteiger partial charge in [0.15, 0.2) is 0 Å². The molecule has 4 saturated carbocycles. The second-order valence-corrected chi connectivity index (χ2v) is 9.74. The highest BCUT2D eigenvalue weighted by atomic mass is 35.5. The van der Waals surface area contributed by atoms with Crippen LogP contribution in [-0.2, 0) is 10.2 Å². The zero-order chi connectivity index (χ0) is 20.2. The number of aliphatic carboxylic acids is 1. The van der Waals surface area contributed by atoms with E-state index in [9.17, 15) is 9.90 Å². The first kappa shape index (κ1) is 18.7. The quantitative estimate of drug-likeness (QED) is 0.585. The van der Waals surface area contributed by atoms with Crippen molar-refractivity contribution in [1.82, 2.24) is 0 Å². The summed E-state index contributed by atoms with van der Waals surface area (Å²) in [7, 11) is 0. The molecule has 0 saturated heterocycles. The van der Waals surface area contributed by atoms with Gasteiger partial charge in [-0.1, -0.05) is 23.7 Å². The van der Waals surface area contributed by atoms with Gasteiger partial charge in [0.05, 0.1) is 0 Å². The fourth-order valence-electron chi connectivity index (χ4n) is 6.59. The number of benzene rings is 2. The molecule has 4 fully saturated rings. The number of phenols is 1. The van der Waals surface area contributed by atoms with E-state index in [1.54, 1.807) is 6.07 Å². The summed E-state index contributed by atoms with van der Waals surface area (Å²) >= 11 is 6.25. The van der Waals surface area contributed by atoms with Crippen LogP contribution in [0.2, 0.25) is 5.02 Å². The Morgan fingerprint density at radius 3 is 2.17 bits per heavy atom. The number of aromatic hydroxyl groups is 1. The molecule has 0 atom stereocenters. The first-order chi connectivity index (χ1) is 13.9. The predicted octanol–water partition coefficient (Wildman–Crippen LogP) is 6.28. The molecule has 4 aliphatic carbocycles. The third-order valence-electron chi connectivity index (χ3n) is 7.34. The molecule has 4 heteroatoms. The highest BCUT2D eigenvalue weighted by molar-refractivity contribution is 6.32. The number of halogens is 1. The number of hydrogen-bond acceptors (Lipinski definition) is 2. The third-order valence-corrected chi connectivity index (χ3v) is 7.69. The van der Waals surface area contributed by atoms with Gasteiger partial charge in [0.25, 0.3) is 0 Å². The Hall–Kier alpha value is -2.26. The number of rotatable bonds is 4. The first-order valence-corrected chi connectivity index (χ1v) is 10.8. The average molecular weight is 409 g/mol. The minimum Gasteiger partial charge on any atom is -0.508 e. The van der Waals surface area contributed by atoms with E-state index in [-0.39, 0.29) is 5.41 Å². The molecule has 2 aromatic rings. The van der Waals surface area contributed by atoms with Gasteiger partial charge in [0.2, 0.25) is 0 Å². The lowest BCUT2D eigenvalue weighted by molar-refractivity contribution is -0.131. The van der Waals surface area contributed by atoms with Crippen molar-refractivity contribution < 1.29 is 15.0 Å². The van der Waals surface area contributed by atoms with Gasteiger partial charge in [0, 0.05) is 16.7 Å². The Morgan fingerprint density at radius 2 is 1.55 bits per heavy atom. The van der Waals surface area contributed by atoms with Crippen LogP contribution >= 0.6 is 11.6 Å². The van der Waals surface area contributed by atoms with Gasteiger partial charge in [-0.2, -0.15) is 0 Å². The molecule has 4 bridgehead atoms. The summed E-state index contributed by atoms with van der Waals surface area (Å²) in [6.45, 7) is 0. The molecule has 6 rings (SSSR count). The van der Waals surface area contributed by atoms with Gasteiger partial charge in [0.1, 0.15) is 5.75 Å². The summed E-state index contributed by atoms with van der Waals surface area (Å²) < 4.78 is 0. The third kappa shape index (κ3) is 3.36. The van der Waals surface area contributed by atoms with Crippen LogP contribution in [0.4, 0.5) is 0 Å². The topological polar surface area (TPSA) is 57.5 Å². The zero-order valence-corrected chi connectivity index (χ0v) is 17.0. The zero-order valence-electron chi connectivity index (χ0n) is 16.3. The fourth-order valence-corrected chi connectivity index (χ4v) is 6.77. The van der Waals surface area contributed by atoms with Crippen molar-refractivity contribution in [2.24, 2.45) is 17.8 Å². The second-order valence-electron chi connectivity index (χ2n) is 9.34. The standard InChI is InChI=1S/C25H25ClO3/c26-22-4-1-18(10-20(22)3-6-24(28)29)19-2-5-23(27)21(11-19)25-12-15-7-16(13-25)9-17(8-15)14-25/h1-6,10-11,15-17,27H,7-9,12-14H2,(H,28,29)/b6-3+. The molecular weight excluding hydrogens is 384 g/mol. The lowest BCUT2D eigenvalue weighted by Crippen LogP contribution is -2.48. The predicted molar refractivity (Wildman–Crippen MR) is 115 cm³/mol. The maximum Gasteiger partial charge on any atom is 0.328 e. The van der Waals surface area contributed by atoms with Crippen molar-refractivity contribution in [3.05, 3.63) is 58.6 Å². The number of phenolic OH excluding ortho intramolecular Hbond substituents is 1. The van der Waals surface area contributed by atoms with Crippen molar-refractivity contribution in [3.8, 4) is 16.9 Å². The minimum atomic E-state index is -1.000. The Labute approximate surface area is 176 Å². The summed E-state index contributed by atoms with van der Waals surface area (Å²) in [5, 5.41) is 20.2. The van der Waals surface area contributed by atoms with Crippen molar-refractivity contribution in [1.29, 1.82) is 0 Å². The summed E-state index contributed by atoms with van der Waals surface area (Å²) in [6.07, 6.45) is 10.3. The molecular formula is C25H25ClO3. The molecule has 0 aromatic heterocycles. The number of carboxylic acids is 1. The lowest BCUT2D eigenvalue weighted by Gasteiger charge is -2.57. The second kappa shape index (κ2) is 6.91. The van der Waals surface area contributed by atoms with Crippen LogP contribution < -0.4 is 0 Å². The van der Waals surface area contributed by atoms with Crippen molar-refractivity contribution in [2.45, 2.75) is 43.9 Å². The van der Waals surface area contributed by atoms with E-state index < -0.39 is 5.97 Å². The molecule has 2 N–H and O–H groups in total. The van der Waals surface area contributed by atoms with E-state index >= 15 is 0 Å². The molecule has 2 aromatic carbocycles. The highest BCUT2D eigenvalue weighted by Gasteiger charge is 2.52. The summed E-state index contributed by atoms with van der Waals surface area (Å²) in [5.41, 5.74) is 3.91. The monoisotopic (exact) mass is 408 g/mol. The number of hydrogen-bond donors (Lipinski definition) is 2. The Balaban J connectivity index is 1.54. The van der Waals surface area contributed by atoms with Crippen LogP contribution in [0.1, 0.15) is 49.7 Å². The SMILES string of the molecule is O=C(O)/C=C/c1cc(-c2ccc(O)c(C34CC5CC(CC(C5)C3)C4)c2)ccc1Cl. The Bertz CT molecular complexity index is 972. The van der Waals surface area contributed by atoms with Gasteiger partial charge in [-0.3, -0.25) is 0 Å². The molecule has 0 radical (unpaired) electrons. The van der Waals surface area contributed by atoms with Gasteiger partial charge in [-0.25, -0.2) is 4.79 Å². The normalized spacial score (nSPS) is 30.2. The average Bonchev–Trinajstić information content (AvgIpc) is 2.66. The van der Waals surface area contributed by atoms with Crippen LogP contribution in [0.5, 0.6) is 5.75 Å². The molecule has 0 aliphatic heterocycles. The maximum absolute atomic E-state index is 10.9. The molecule has 150 valence electrons. The summed E-state index contributed by atoms with van der Waals surface area (Å²) in [4.78, 5) is 10.9. The smallest absolute Gasteiger partial charge is 0.328 e. The Kier molecular flexibility index (Phi) is 4.47. The molecule has 0 heterocycles. The highest BCUT2D eigenvalue weighted by Crippen LogP contribution is 2.62. The molecule has 0 spiro atoms. The first-order valence-electron chi connectivity index (χ1n) is 10.5. The summed E-state index contributed by atoms with van der Waals surface area (Å²) in [6, 6.07) is 11.6. The Morgan fingerprint density at radius 1 is 0.966 bits per heavy atom. The van der Waals surface area contributed by atoms with Gasteiger partial charge in [-0.05, 0) is 109 Å². The van der Waals surface area contributed by atoms with Crippen LogP contribution in [0.3, 0.4) is 0 Å². The van der Waals surface area contributed by atoms with E-state index in [1.165, 1.54) is 44.6 Å². The van der Waals surface area contributed by atoms with E-state index in [0.29, 0.717) is 16.3 Å². The van der Waals surface area contributed by atoms with Gasteiger partial charge in [-0.15, -0.1) is 0 Å². The van der Waals surface area contributed by atoms with E-state index in [0.717, 1.165) is 40.5 Å². The van der Waals surface area contributed by atoms with Crippen molar-refractivity contribution in [3.63, 3.8) is 0 Å². The van der Waals surface area contributed by atoms with Gasteiger partial charge >= 0.3 is 5.97 Å². The van der Waals surface area contributed by atoms with Crippen molar-refractivity contribution in [2.75, 3.05) is 0 Å². The molecule has 29 heavy (non-hydrogen) atoms. The van der Waals surface area contributed by atoms with E-state index in [1.807, 2.05) is 24.3 Å². The largest absolute Gasteiger partial charge is 0.508 e. The number of carbonyl (C=O) groups is 1. The van der Waals surface area contributed by atoms with Crippen LogP contribution in [0.25, 0.3) is 17.2 Å². The fraction of sp³-hybridized carbons (Fsp3) is 0.400. The number of carboxylic acid groups (broad SMARTS) is 1. The lowest BCUT2D eigenvalue weighted by atomic mass is 9.48. The molecule has 3 nitrogen and oxygen atoms in total. The minimum absolute atomic E-state index is 0.118. The van der Waals surface area contributed by atoms with Crippen LogP contribution in [0.15, 0.2) is 42.5 Å². The maximum atomic E-state index is 10.9. The van der Waals surface area contributed by atoms with E-state index in [4.69, 9.17) is 16.7 Å². The van der Waals surface area contributed by atoms with E-state index in [2.05, 4.69) is 6.07 Å². The molecule has 0 unspecified atom stereocenters. The van der Waals surface area contributed by atoms with Crippen LogP contribution in [0, 0.1) is 17.8 Å². The molecule has 0 amide bonds. The van der Waals surface area contributed by atoms with Crippen molar-refractivity contribution >= 4 is 23.6 Å². The van der Waals surface area contributed by atoms with Gasteiger partial charge < -0.3 is 10.2 Å². The summed E-state index contributed by atoms with van der Waals surface area (Å²) in [5.74, 6) is 1.85. The van der Waals surface area contributed by atoms with Crippen LogP contribution in [-0.4, -0.2) is 16.2 Å². The molecule has 4 aliphatic rings.